The lowest BCUT2D eigenvalue weighted by atomic mass is 10.3. The van der Waals surface area contributed by atoms with Crippen molar-refractivity contribution in [1.82, 2.24) is 9.88 Å². The van der Waals surface area contributed by atoms with Crippen LogP contribution in [0, 0.1) is 0 Å². The summed E-state index contributed by atoms with van der Waals surface area (Å²) in [6.07, 6.45) is 3.81. The Balaban J connectivity index is 2.02. The standard InChI is InChI=1S/C11H10N2O3S3/c14-9(15)2-1-4-13-10(16)7(19-11(13)17)6-8-12-3-5-18-8/h3,5-6H,1-2,4H2,(H,14,15). The zero-order valence-corrected chi connectivity index (χ0v) is 12.2. The van der Waals surface area contributed by atoms with Crippen molar-refractivity contribution in [3.8, 4) is 0 Å². The van der Waals surface area contributed by atoms with Crippen LogP contribution < -0.4 is 0 Å². The number of amides is 1. The molecule has 0 aliphatic carbocycles. The molecule has 1 fully saturated rings. The summed E-state index contributed by atoms with van der Waals surface area (Å²) in [6.45, 7) is 0.339. The lowest BCUT2D eigenvalue weighted by Gasteiger charge is -2.12. The first-order valence-electron chi connectivity index (χ1n) is 5.44. The predicted molar refractivity (Wildman–Crippen MR) is 78.9 cm³/mol. The number of hydrogen-bond donors (Lipinski definition) is 1. The molecule has 100 valence electrons. The predicted octanol–water partition coefficient (Wildman–Crippen LogP) is 2.21. The normalized spacial score (nSPS) is 17.5. The second-order valence-corrected chi connectivity index (χ2v) is 6.30. The molecule has 0 saturated carbocycles. The van der Waals surface area contributed by atoms with E-state index in [1.807, 2.05) is 5.38 Å². The lowest BCUT2D eigenvalue weighted by Crippen LogP contribution is -2.29. The Bertz CT molecular complexity index is 539. The zero-order chi connectivity index (χ0) is 13.8. The van der Waals surface area contributed by atoms with Crippen molar-refractivity contribution >= 4 is 57.6 Å². The maximum Gasteiger partial charge on any atom is 0.303 e. The lowest BCUT2D eigenvalue weighted by molar-refractivity contribution is -0.137. The third kappa shape index (κ3) is 3.62. The van der Waals surface area contributed by atoms with Crippen LogP contribution in [0.1, 0.15) is 17.8 Å². The van der Waals surface area contributed by atoms with E-state index in [9.17, 15) is 9.59 Å². The number of carboxylic acids is 1. The molecule has 1 N–H and O–H groups in total. The Kier molecular flexibility index (Phi) is 4.67. The van der Waals surface area contributed by atoms with Gasteiger partial charge in [0, 0.05) is 24.5 Å². The minimum atomic E-state index is -0.872. The molecule has 5 nitrogen and oxygen atoms in total. The van der Waals surface area contributed by atoms with Gasteiger partial charge in [-0.1, -0.05) is 24.0 Å². The van der Waals surface area contributed by atoms with Gasteiger partial charge in [-0.25, -0.2) is 4.98 Å². The Hall–Kier alpha value is -1.25. The molecular formula is C11H10N2O3S3. The van der Waals surface area contributed by atoms with Crippen molar-refractivity contribution in [2.75, 3.05) is 6.54 Å². The fraction of sp³-hybridized carbons (Fsp3) is 0.273. The molecule has 0 bridgehead atoms. The number of nitrogens with zero attached hydrogens (tertiary/aromatic N) is 2. The summed E-state index contributed by atoms with van der Waals surface area (Å²) in [7, 11) is 0. The molecular weight excluding hydrogens is 304 g/mol. The summed E-state index contributed by atoms with van der Waals surface area (Å²) in [5.74, 6) is -1.04. The molecule has 0 unspecified atom stereocenters. The van der Waals surface area contributed by atoms with Gasteiger partial charge in [-0.2, -0.15) is 0 Å². The molecule has 0 radical (unpaired) electrons. The van der Waals surface area contributed by atoms with Crippen LogP contribution >= 0.6 is 35.3 Å². The van der Waals surface area contributed by atoms with Crippen LogP contribution in [0.3, 0.4) is 0 Å². The molecule has 2 rings (SSSR count). The summed E-state index contributed by atoms with van der Waals surface area (Å²) < 4.78 is 0.471. The first-order valence-corrected chi connectivity index (χ1v) is 7.55. The van der Waals surface area contributed by atoms with E-state index >= 15 is 0 Å². The average Bonchev–Trinajstić information content (AvgIpc) is 2.93. The van der Waals surface area contributed by atoms with Gasteiger partial charge in [0.05, 0.1) is 4.91 Å². The highest BCUT2D eigenvalue weighted by Crippen LogP contribution is 2.32. The van der Waals surface area contributed by atoms with Crippen LogP contribution in [0.4, 0.5) is 0 Å². The van der Waals surface area contributed by atoms with Crippen molar-refractivity contribution in [2.45, 2.75) is 12.8 Å². The summed E-state index contributed by atoms with van der Waals surface area (Å²) in [6, 6.07) is 0. The van der Waals surface area contributed by atoms with Crippen LogP contribution in [-0.2, 0) is 9.59 Å². The summed E-state index contributed by atoms with van der Waals surface area (Å²) in [4.78, 5) is 28.6. The molecule has 0 aromatic carbocycles. The van der Waals surface area contributed by atoms with E-state index in [0.29, 0.717) is 22.2 Å². The molecule has 1 aliphatic heterocycles. The van der Waals surface area contributed by atoms with Crippen LogP contribution in [0.25, 0.3) is 6.08 Å². The zero-order valence-electron chi connectivity index (χ0n) is 9.74. The van der Waals surface area contributed by atoms with Crippen LogP contribution in [0.2, 0.25) is 0 Å². The Morgan fingerprint density at radius 1 is 1.58 bits per heavy atom. The first-order chi connectivity index (χ1) is 9.08. The number of hydrogen-bond acceptors (Lipinski definition) is 6. The number of rotatable bonds is 5. The second-order valence-electron chi connectivity index (χ2n) is 3.70. The summed E-state index contributed by atoms with van der Waals surface area (Å²) in [5.41, 5.74) is 0. The molecule has 1 aromatic rings. The highest BCUT2D eigenvalue weighted by atomic mass is 32.2. The Labute approximate surface area is 123 Å². The van der Waals surface area contributed by atoms with Crippen molar-refractivity contribution in [1.29, 1.82) is 0 Å². The largest absolute Gasteiger partial charge is 0.481 e. The quantitative estimate of drug-likeness (QED) is 0.664. The maximum absolute atomic E-state index is 12.1. The van der Waals surface area contributed by atoms with Gasteiger partial charge in [0.25, 0.3) is 5.91 Å². The van der Waals surface area contributed by atoms with Gasteiger partial charge in [-0.15, -0.1) is 11.3 Å². The number of aromatic nitrogens is 1. The van der Waals surface area contributed by atoms with Gasteiger partial charge in [0.1, 0.15) is 9.33 Å². The van der Waals surface area contributed by atoms with Crippen molar-refractivity contribution < 1.29 is 14.7 Å². The number of thioether (sulfide) groups is 1. The number of carboxylic acid groups (broad SMARTS) is 1. The van der Waals surface area contributed by atoms with Gasteiger partial charge in [0.2, 0.25) is 0 Å². The van der Waals surface area contributed by atoms with E-state index in [1.165, 1.54) is 28.0 Å². The minimum Gasteiger partial charge on any atom is -0.481 e. The van der Waals surface area contributed by atoms with E-state index in [0.717, 1.165) is 5.01 Å². The number of thiazole rings is 1. The minimum absolute atomic E-state index is 0.0303. The van der Waals surface area contributed by atoms with E-state index in [-0.39, 0.29) is 12.3 Å². The smallest absolute Gasteiger partial charge is 0.303 e. The first kappa shape index (κ1) is 14.2. The van der Waals surface area contributed by atoms with Gasteiger partial charge in [-0.3, -0.25) is 14.5 Å². The van der Waals surface area contributed by atoms with Crippen molar-refractivity contribution in [2.24, 2.45) is 0 Å². The van der Waals surface area contributed by atoms with Crippen molar-refractivity contribution in [3.63, 3.8) is 0 Å². The molecule has 0 atom stereocenters. The van der Waals surface area contributed by atoms with Crippen LogP contribution in [0.5, 0.6) is 0 Å². The molecule has 8 heteroatoms. The fourth-order valence-electron chi connectivity index (χ4n) is 1.50. The molecule has 19 heavy (non-hydrogen) atoms. The van der Waals surface area contributed by atoms with Gasteiger partial charge in [-0.05, 0) is 12.5 Å². The number of carbonyl (C=O) groups excluding carboxylic acids is 1. The number of aliphatic carboxylic acids is 1. The van der Waals surface area contributed by atoms with Gasteiger partial charge < -0.3 is 5.11 Å². The highest BCUT2D eigenvalue weighted by molar-refractivity contribution is 8.26. The molecule has 0 spiro atoms. The van der Waals surface area contributed by atoms with Crippen LogP contribution in [-0.4, -0.2) is 37.7 Å². The van der Waals surface area contributed by atoms with Crippen LogP contribution in [0.15, 0.2) is 16.5 Å². The average molecular weight is 314 g/mol. The molecule has 1 aliphatic rings. The second kappa shape index (κ2) is 6.27. The van der Waals surface area contributed by atoms with E-state index in [4.69, 9.17) is 17.3 Å². The maximum atomic E-state index is 12.1. The van der Waals surface area contributed by atoms with Crippen molar-refractivity contribution in [3.05, 3.63) is 21.5 Å². The molecule has 1 amide bonds. The number of carbonyl (C=O) groups is 2. The Morgan fingerprint density at radius 3 is 3.00 bits per heavy atom. The molecule has 1 aromatic heterocycles. The van der Waals surface area contributed by atoms with Gasteiger partial charge in [0.15, 0.2) is 0 Å². The van der Waals surface area contributed by atoms with Gasteiger partial charge >= 0.3 is 5.97 Å². The van der Waals surface area contributed by atoms with E-state index in [2.05, 4.69) is 4.98 Å². The fourth-order valence-corrected chi connectivity index (χ4v) is 3.43. The topological polar surface area (TPSA) is 70.5 Å². The summed E-state index contributed by atoms with van der Waals surface area (Å²) >= 11 is 7.80. The monoisotopic (exact) mass is 314 g/mol. The highest BCUT2D eigenvalue weighted by Gasteiger charge is 2.31. The van der Waals surface area contributed by atoms with E-state index < -0.39 is 5.97 Å². The molecule has 2 heterocycles. The molecule has 1 saturated heterocycles. The third-order valence-corrected chi connectivity index (χ3v) is 4.45. The number of thiocarbonyl (C=S) groups is 1. The van der Waals surface area contributed by atoms with E-state index in [1.54, 1.807) is 12.3 Å². The third-order valence-electron chi connectivity index (χ3n) is 2.35. The Morgan fingerprint density at radius 2 is 2.37 bits per heavy atom. The summed E-state index contributed by atoms with van der Waals surface area (Å²) in [5, 5.41) is 11.2. The SMILES string of the molecule is O=C(O)CCCN1C(=O)C(=Cc2nccs2)SC1=S.